The fourth-order valence-electron chi connectivity index (χ4n) is 7.46. The summed E-state index contributed by atoms with van der Waals surface area (Å²) < 4.78 is 54.3. The summed E-state index contributed by atoms with van der Waals surface area (Å²) >= 11 is 0. The Kier molecular flexibility index (Phi) is 6.93. The van der Waals surface area contributed by atoms with Crippen molar-refractivity contribution in [2.75, 3.05) is 57.5 Å². The van der Waals surface area contributed by atoms with E-state index in [9.17, 15) is 9.18 Å². The Labute approximate surface area is 257 Å². The van der Waals surface area contributed by atoms with E-state index in [1.54, 1.807) is 12.4 Å². The number of carbonyl (C=O) groups excluding carboxylic acids is 1. The lowest BCUT2D eigenvalue weighted by atomic mass is 9.93. The van der Waals surface area contributed by atoms with Crippen LogP contribution in [0.2, 0.25) is 0 Å². The number of H-pyrrole nitrogens is 1. The zero-order valence-electron chi connectivity index (χ0n) is 24.9. The second-order valence-corrected chi connectivity index (χ2v) is 12.4. The van der Waals surface area contributed by atoms with Gasteiger partial charge in [0.25, 0.3) is 0 Å². The summed E-state index contributed by atoms with van der Waals surface area (Å²) in [6.45, 7) is 4.43. The van der Waals surface area contributed by atoms with Crippen molar-refractivity contribution in [2.24, 2.45) is 0 Å². The molecule has 6 bridgehead atoms. The molecule has 9 rings (SSSR count). The van der Waals surface area contributed by atoms with Gasteiger partial charge in [-0.1, -0.05) is 0 Å². The van der Waals surface area contributed by atoms with Gasteiger partial charge in [0.2, 0.25) is 0 Å². The number of hydrogen-bond acceptors (Lipinski definition) is 11. The molecule has 0 spiro atoms. The molecule has 45 heavy (non-hydrogen) atoms. The van der Waals surface area contributed by atoms with Gasteiger partial charge in [-0.3, -0.25) is 15.0 Å². The van der Waals surface area contributed by atoms with E-state index in [4.69, 9.17) is 23.9 Å². The summed E-state index contributed by atoms with van der Waals surface area (Å²) in [5, 5.41) is 8.26. The lowest BCUT2D eigenvalue weighted by Gasteiger charge is -2.34. The summed E-state index contributed by atoms with van der Waals surface area (Å²) in [4.78, 5) is 30.6. The Hall–Kier alpha value is -4.17. The van der Waals surface area contributed by atoms with Crippen molar-refractivity contribution in [1.29, 1.82) is 0 Å². The van der Waals surface area contributed by atoms with Gasteiger partial charge in [0.1, 0.15) is 42.5 Å². The number of rotatable bonds is 3. The van der Waals surface area contributed by atoms with Crippen molar-refractivity contribution in [1.82, 2.24) is 30.0 Å². The highest BCUT2D eigenvalue weighted by Gasteiger charge is 2.49. The third kappa shape index (κ3) is 4.90. The molecule has 3 fully saturated rings. The van der Waals surface area contributed by atoms with E-state index < -0.39 is 29.8 Å². The minimum Gasteiger partial charge on any atom is -0.461 e. The Morgan fingerprint density at radius 1 is 1.16 bits per heavy atom. The maximum atomic E-state index is 16.9. The second-order valence-electron chi connectivity index (χ2n) is 12.4. The van der Waals surface area contributed by atoms with Crippen LogP contribution in [0.15, 0.2) is 18.5 Å². The summed E-state index contributed by atoms with van der Waals surface area (Å²) in [6.07, 6.45) is 3.52. The molecule has 0 aliphatic carbocycles. The Morgan fingerprint density at radius 2 is 2.07 bits per heavy atom. The Morgan fingerprint density at radius 3 is 2.98 bits per heavy atom. The number of morpholine rings is 1. The molecule has 3 aromatic heterocycles. The molecule has 0 unspecified atom stereocenters. The highest BCUT2D eigenvalue weighted by molar-refractivity contribution is 5.99. The van der Waals surface area contributed by atoms with Crippen molar-refractivity contribution in [3.63, 3.8) is 0 Å². The average Bonchev–Trinajstić information content (AvgIpc) is 3.73. The topological polar surface area (TPSA) is 128 Å². The zero-order valence-corrected chi connectivity index (χ0v) is 24.9. The van der Waals surface area contributed by atoms with Crippen molar-refractivity contribution in [3.8, 4) is 17.3 Å². The van der Waals surface area contributed by atoms with Crippen LogP contribution in [0, 0.1) is 12.7 Å². The first-order valence-electron chi connectivity index (χ1n) is 15.4. The van der Waals surface area contributed by atoms with Gasteiger partial charge in [0.15, 0.2) is 5.82 Å². The Bertz CT molecular complexity index is 1800. The fraction of sp³-hybridized carbons (Fsp3) is 0.516. The number of benzene rings is 1. The van der Waals surface area contributed by atoms with Crippen molar-refractivity contribution in [3.05, 3.63) is 35.4 Å². The van der Waals surface area contributed by atoms with E-state index in [0.717, 1.165) is 36.0 Å². The van der Waals surface area contributed by atoms with Crippen molar-refractivity contribution in [2.45, 2.75) is 50.4 Å². The number of anilines is 1. The van der Waals surface area contributed by atoms with Crippen LogP contribution in [0.1, 0.15) is 30.4 Å². The summed E-state index contributed by atoms with van der Waals surface area (Å²) in [5.41, 5.74) is 2.60. The monoisotopic (exact) mass is 621 g/mol. The van der Waals surface area contributed by atoms with Crippen molar-refractivity contribution >= 4 is 33.8 Å². The van der Waals surface area contributed by atoms with Crippen LogP contribution in [-0.4, -0.2) is 107 Å². The summed E-state index contributed by atoms with van der Waals surface area (Å²) in [6, 6.07) is 1.94. The normalized spacial score (nSPS) is 25.5. The van der Waals surface area contributed by atoms with Gasteiger partial charge in [0.05, 0.1) is 35.9 Å². The maximum absolute atomic E-state index is 16.9. The van der Waals surface area contributed by atoms with Gasteiger partial charge in [-0.05, 0) is 43.5 Å². The predicted molar refractivity (Wildman–Crippen MR) is 159 cm³/mol. The lowest BCUT2D eigenvalue weighted by molar-refractivity contribution is -0.0223. The van der Waals surface area contributed by atoms with Crippen LogP contribution >= 0.6 is 0 Å². The number of fused-ring (bicyclic) bond motifs is 8. The number of nitrogens with zero attached hydrogens (tertiary/aromatic N) is 6. The molecule has 1 N–H and O–H groups in total. The summed E-state index contributed by atoms with van der Waals surface area (Å²) in [7, 11) is 0. The van der Waals surface area contributed by atoms with E-state index in [1.165, 1.54) is 0 Å². The molecule has 14 heteroatoms. The van der Waals surface area contributed by atoms with E-state index >= 15 is 4.39 Å². The lowest BCUT2D eigenvalue weighted by Crippen LogP contribution is -2.45. The Balaban J connectivity index is 1.29. The standard InChI is InChI=1S/C31H33F2N7O5/c1-17-9-23-21(12-35-38-23)24-20(17)3-7-43-30(41)44-15-19-14-39(6-8-42-19)28-22-11-34-27(24)25(33)26(22)36-29(37-28)45-16-31-4-2-5-40(31)13-18(32)10-31/h9,11-12,18-19H,2-8,10,13-16H2,1H3,(H,35,38)/t18-,19-,31+/m1/s1. The molecule has 5 aliphatic rings. The average molecular weight is 622 g/mol. The molecule has 0 saturated carbocycles. The molecule has 4 aromatic rings. The minimum absolute atomic E-state index is 0.0130. The highest BCUT2D eigenvalue weighted by Crippen LogP contribution is 2.41. The molecule has 5 aliphatic heterocycles. The first kappa shape index (κ1) is 28.3. The number of alkyl halides is 1. The quantitative estimate of drug-likeness (QED) is 0.335. The molecular formula is C31H33F2N7O5. The van der Waals surface area contributed by atoms with Gasteiger partial charge in [-0.15, -0.1) is 0 Å². The predicted octanol–water partition coefficient (Wildman–Crippen LogP) is 3.89. The summed E-state index contributed by atoms with van der Waals surface area (Å²) in [5.74, 6) is -0.192. The van der Waals surface area contributed by atoms with E-state index in [2.05, 4.69) is 25.1 Å². The molecule has 236 valence electrons. The number of aromatic amines is 1. The van der Waals surface area contributed by atoms with Gasteiger partial charge < -0.3 is 23.8 Å². The first-order valence-corrected chi connectivity index (χ1v) is 15.4. The molecule has 3 saturated heterocycles. The number of aryl methyl sites for hydroxylation is 1. The fourth-order valence-corrected chi connectivity index (χ4v) is 7.46. The zero-order chi connectivity index (χ0) is 30.7. The highest BCUT2D eigenvalue weighted by atomic mass is 19.1. The largest absolute Gasteiger partial charge is 0.508 e. The number of carbonyl (C=O) groups is 1. The molecule has 0 radical (unpaired) electrons. The number of hydrogen-bond donors (Lipinski definition) is 1. The van der Waals surface area contributed by atoms with E-state index in [0.29, 0.717) is 61.2 Å². The maximum Gasteiger partial charge on any atom is 0.508 e. The molecule has 0 amide bonds. The number of halogens is 2. The van der Waals surface area contributed by atoms with Gasteiger partial charge in [-0.2, -0.15) is 15.1 Å². The van der Waals surface area contributed by atoms with Crippen LogP contribution in [-0.2, 0) is 20.6 Å². The SMILES string of the molecule is Cc1cc2[nH]ncc2c2c1CCOC(=O)OC[C@H]1CN(CCO1)c1nc(OC[C@@]34CCCN3C[C@H](F)C4)nc3c(F)c-2ncc13. The smallest absolute Gasteiger partial charge is 0.461 e. The van der Waals surface area contributed by atoms with Gasteiger partial charge in [-0.25, -0.2) is 13.6 Å². The second kappa shape index (κ2) is 11.0. The number of pyridine rings is 1. The number of ether oxygens (including phenoxy) is 4. The van der Waals surface area contributed by atoms with Crippen LogP contribution in [0.25, 0.3) is 33.1 Å². The van der Waals surface area contributed by atoms with Crippen LogP contribution in [0.4, 0.5) is 19.4 Å². The van der Waals surface area contributed by atoms with E-state index in [1.807, 2.05) is 17.9 Å². The van der Waals surface area contributed by atoms with Crippen molar-refractivity contribution < 1.29 is 32.5 Å². The molecular weight excluding hydrogens is 588 g/mol. The molecule has 12 nitrogen and oxygen atoms in total. The van der Waals surface area contributed by atoms with Crippen LogP contribution < -0.4 is 9.64 Å². The van der Waals surface area contributed by atoms with Gasteiger partial charge in [0, 0.05) is 49.6 Å². The van der Waals surface area contributed by atoms with Crippen LogP contribution in [0.5, 0.6) is 6.01 Å². The third-order valence-electron chi connectivity index (χ3n) is 9.59. The van der Waals surface area contributed by atoms with E-state index in [-0.39, 0.29) is 37.0 Å². The number of aromatic nitrogens is 5. The number of nitrogens with one attached hydrogen (secondary N) is 1. The van der Waals surface area contributed by atoms with Gasteiger partial charge >= 0.3 is 12.2 Å². The molecule has 8 heterocycles. The molecule has 1 aromatic carbocycles. The molecule has 3 atom stereocenters. The third-order valence-corrected chi connectivity index (χ3v) is 9.59. The minimum atomic E-state index is -0.909. The van der Waals surface area contributed by atoms with Crippen LogP contribution in [0.3, 0.4) is 0 Å². The first-order chi connectivity index (χ1) is 21.9.